The van der Waals surface area contributed by atoms with Gasteiger partial charge in [0.15, 0.2) is 6.61 Å². The van der Waals surface area contributed by atoms with Crippen LogP contribution in [0.25, 0.3) is 0 Å². The van der Waals surface area contributed by atoms with Gasteiger partial charge in [-0.25, -0.2) is 4.39 Å². The first-order valence-electron chi connectivity index (χ1n) is 7.89. The van der Waals surface area contributed by atoms with Crippen molar-refractivity contribution < 1.29 is 23.5 Å². The summed E-state index contributed by atoms with van der Waals surface area (Å²) in [5, 5.41) is 2.35. The highest BCUT2D eigenvalue weighted by molar-refractivity contribution is 6.31. The van der Waals surface area contributed by atoms with Crippen molar-refractivity contribution in [2.75, 3.05) is 6.61 Å². The Morgan fingerprint density at radius 3 is 2.58 bits per heavy atom. The lowest BCUT2D eigenvalue weighted by Gasteiger charge is -2.20. The summed E-state index contributed by atoms with van der Waals surface area (Å²) in [5.41, 5.74) is 0.0165. The molecule has 2 rings (SSSR count). The average molecular weight is 356 g/mol. The predicted octanol–water partition coefficient (Wildman–Crippen LogP) is 2.79. The normalized spacial score (nSPS) is 14.9. The first-order chi connectivity index (χ1) is 11.5. The fourth-order valence-electron chi connectivity index (χ4n) is 2.68. The molecule has 0 heterocycles. The van der Waals surface area contributed by atoms with Crippen LogP contribution in [0.4, 0.5) is 4.39 Å². The first-order valence-corrected chi connectivity index (χ1v) is 8.27. The SMILES string of the molecule is O=C(COC(=O)Cc1c(F)cccc1Cl)NC(=O)C1CCCCC1. The Morgan fingerprint density at radius 1 is 1.21 bits per heavy atom. The van der Waals surface area contributed by atoms with E-state index in [1.165, 1.54) is 18.2 Å². The highest BCUT2D eigenvalue weighted by Gasteiger charge is 2.23. The molecule has 0 saturated heterocycles. The summed E-state index contributed by atoms with van der Waals surface area (Å²) in [4.78, 5) is 35.3. The Labute approximate surface area is 144 Å². The molecule has 24 heavy (non-hydrogen) atoms. The third-order valence-corrected chi connectivity index (χ3v) is 4.34. The van der Waals surface area contributed by atoms with Crippen molar-refractivity contribution in [3.63, 3.8) is 0 Å². The first kappa shape index (κ1) is 18.4. The molecule has 1 N–H and O–H groups in total. The lowest BCUT2D eigenvalue weighted by molar-refractivity contribution is -0.149. The summed E-state index contributed by atoms with van der Waals surface area (Å²) < 4.78 is 18.3. The number of halogens is 2. The second-order valence-electron chi connectivity index (χ2n) is 5.79. The van der Waals surface area contributed by atoms with E-state index in [-0.39, 0.29) is 28.8 Å². The largest absolute Gasteiger partial charge is 0.455 e. The van der Waals surface area contributed by atoms with E-state index >= 15 is 0 Å². The summed E-state index contributed by atoms with van der Waals surface area (Å²) >= 11 is 5.82. The van der Waals surface area contributed by atoms with Crippen molar-refractivity contribution in [3.05, 3.63) is 34.6 Å². The van der Waals surface area contributed by atoms with Crippen LogP contribution in [-0.4, -0.2) is 24.4 Å². The summed E-state index contributed by atoms with van der Waals surface area (Å²) in [6, 6.07) is 4.07. The van der Waals surface area contributed by atoms with E-state index in [1.807, 2.05) is 0 Å². The van der Waals surface area contributed by atoms with Gasteiger partial charge in [0.2, 0.25) is 5.91 Å². The molecule has 1 aliphatic carbocycles. The highest BCUT2D eigenvalue weighted by atomic mass is 35.5. The van der Waals surface area contributed by atoms with E-state index in [4.69, 9.17) is 16.3 Å². The third kappa shape index (κ3) is 5.30. The van der Waals surface area contributed by atoms with E-state index in [2.05, 4.69) is 5.32 Å². The molecule has 0 bridgehead atoms. The van der Waals surface area contributed by atoms with E-state index in [0.717, 1.165) is 32.1 Å². The quantitative estimate of drug-likeness (QED) is 0.824. The van der Waals surface area contributed by atoms with Crippen molar-refractivity contribution in [3.8, 4) is 0 Å². The second kappa shape index (κ2) is 8.78. The highest BCUT2D eigenvalue weighted by Crippen LogP contribution is 2.23. The van der Waals surface area contributed by atoms with Gasteiger partial charge in [-0.15, -0.1) is 0 Å². The van der Waals surface area contributed by atoms with E-state index in [9.17, 15) is 18.8 Å². The number of benzene rings is 1. The van der Waals surface area contributed by atoms with E-state index in [0.29, 0.717) is 0 Å². The fraction of sp³-hybridized carbons (Fsp3) is 0.471. The maximum Gasteiger partial charge on any atom is 0.310 e. The molecular formula is C17H19ClFNO4. The number of imide groups is 1. The monoisotopic (exact) mass is 355 g/mol. The van der Waals surface area contributed by atoms with E-state index < -0.39 is 24.3 Å². The van der Waals surface area contributed by atoms with Crippen LogP contribution in [0.2, 0.25) is 5.02 Å². The molecule has 1 saturated carbocycles. The number of esters is 1. The van der Waals surface area contributed by atoms with Gasteiger partial charge in [0.1, 0.15) is 5.82 Å². The summed E-state index contributed by atoms with van der Waals surface area (Å²) in [6.07, 6.45) is 4.22. The molecule has 0 aromatic heterocycles. The molecule has 1 aromatic carbocycles. The minimum Gasteiger partial charge on any atom is -0.455 e. The Morgan fingerprint density at radius 2 is 1.92 bits per heavy atom. The zero-order valence-electron chi connectivity index (χ0n) is 13.1. The van der Waals surface area contributed by atoms with Crippen molar-refractivity contribution in [2.24, 2.45) is 5.92 Å². The van der Waals surface area contributed by atoms with Crippen molar-refractivity contribution >= 4 is 29.4 Å². The molecule has 5 nitrogen and oxygen atoms in total. The molecule has 130 valence electrons. The van der Waals surface area contributed by atoms with Gasteiger partial charge in [-0.3, -0.25) is 19.7 Å². The summed E-state index contributed by atoms with van der Waals surface area (Å²) in [7, 11) is 0. The number of nitrogens with one attached hydrogen (secondary N) is 1. The van der Waals surface area contributed by atoms with Crippen LogP contribution >= 0.6 is 11.6 Å². The Bertz CT molecular complexity index is 609. The molecule has 0 unspecified atom stereocenters. The van der Waals surface area contributed by atoms with Crippen LogP contribution in [0.1, 0.15) is 37.7 Å². The summed E-state index contributed by atoms with van der Waals surface area (Å²) in [5.74, 6) is -2.57. The van der Waals surface area contributed by atoms with Crippen LogP contribution < -0.4 is 5.32 Å². The molecule has 1 aliphatic rings. The van der Waals surface area contributed by atoms with Gasteiger partial charge >= 0.3 is 5.97 Å². The summed E-state index contributed by atoms with van der Waals surface area (Å²) in [6.45, 7) is -0.580. The molecule has 1 aromatic rings. The van der Waals surface area contributed by atoms with Crippen molar-refractivity contribution in [1.29, 1.82) is 0 Å². The van der Waals surface area contributed by atoms with Crippen LogP contribution in [-0.2, 0) is 25.5 Å². The molecule has 7 heteroatoms. The number of hydrogen-bond donors (Lipinski definition) is 1. The van der Waals surface area contributed by atoms with Gasteiger partial charge in [0.25, 0.3) is 5.91 Å². The van der Waals surface area contributed by atoms with Crippen LogP contribution in [0.3, 0.4) is 0 Å². The number of rotatable bonds is 5. The molecule has 0 spiro atoms. The minimum atomic E-state index is -0.790. The zero-order chi connectivity index (χ0) is 17.5. The van der Waals surface area contributed by atoms with Gasteiger partial charge in [-0.1, -0.05) is 36.9 Å². The number of hydrogen-bond acceptors (Lipinski definition) is 4. The number of carbonyl (C=O) groups excluding carboxylic acids is 3. The lowest BCUT2D eigenvalue weighted by Crippen LogP contribution is -2.39. The van der Waals surface area contributed by atoms with Crippen molar-refractivity contribution in [1.82, 2.24) is 5.32 Å². The predicted molar refractivity (Wildman–Crippen MR) is 85.8 cm³/mol. The fourth-order valence-corrected chi connectivity index (χ4v) is 2.91. The van der Waals surface area contributed by atoms with Crippen LogP contribution in [0, 0.1) is 11.7 Å². The Hall–Kier alpha value is -1.95. The molecule has 1 fully saturated rings. The average Bonchev–Trinajstić information content (AvgIpc) is 2.57. The van der Waals surface area contributed by atoms with Crippen molar-refractivity contribution in [2.45, 2.75) is 38.5 Å². The Balaban J connectivity index is 1.76. The number of ether oxygens (including phenoxy) is 1. The van der Waals surface area contributed by atoms with E-state index in [1.54, 1.807) is 0 Å². The number of carbonyl (C=O) groups is 3. The molecule has 0 aliphatic heterocycles. The van der Waals surface area contributed by atoms with Gasteiger partial charge in [0, 0.05) is 16.5 Å². The van der Waals surface area contributed by atoms with Crippen LogP contribution in [0.15, 0.2) is 18.2 Å². The maximum atomic E-state index is 13.6. The lowest BCUT2D eigenvalue weighted by atomic mass is 9.89. The topological polar surface area (TPSA) is 72.5 Å². The van der Waals surface area contributed by atoms with Gasteiger partial charge in [0.05, 0.1) is 6.42 Å². The van der Waals surface area contributed by atoms with Crippen LogP contribution in [0.5, 0.6) is 0 Å². The zero-order valence-corrected chi connectivity index (χ0v) is 13.9. The maximum absolute atomic E-state index is 13.6. The molecule has 2 amide bonds. The standard InChI is InChI=1S/C17H19ClFNO4/c18-13-7-4-8-14(19)12(13)9-16(22)24-10-15(21)20-17(23)11-5-2-1-3-6-11/h4,7-8,11H,1-3,5-6,9-10H2,(H,20,21,23). The molecular weight excluding hydrogens is 337 g/mol. The second-order valence-corrected chi connectivity index (χ2v) is 6.19. The number of amides is 2. The van der Waals surface area contributed by atoms with Gasteiger partial charge < -0.3 is 4.74 Å². The third-order valence-electron chi connectivity index (χ3n) is 3.99. The molecule has 0 atom stereocenters. The smallest absolute Gasteiger partial charge is 0.310 e. The molecule has 0 radical (unpaired) electrons. The minimum absolute atomic E-state index is 0.0165. The van der Waals surface area contributed by atoms with Gasteiger partial charge in [-0.2, -0.15) is 0 Å². The Kier molecular flexibility index (Phi) is 6.73. The van der Waals surface area contributed by atoms with Gasteiger partial charge in [-0.05, 0) is 25.0 Å².